The lowest BCUT2D eigenvalue weighted by Gasteiger charge is -2.35. The minimum atomic E-state index is -0.177. The number of carbonyl (C=O) groups excluding carboxylic acids is 3. The lowest BCUT2D eigenvalue weighted by molar-refractivity contribution is -0.136. The van der Waals surface area contributed by atoms with Gasteiger partial charge in [0, 0.05) is 88.8 Å². The van der Waals surface area contributed by atoms with Crippen molar-refractivity contribution in [2.75, 3.05) is 60.0 Å². The van der Waals surface area contributed by atoms with Crippen LogP contribution < -0.4 is 20.3 Å². The number of aromatic amines is 1. The first-order valence-electron chi connectivity index (χ1n) is 19.1. The largest absolute Gasteiger partial charge is 0.496 e. The van der Waals surface area contributed by atoms with Gasteiger partial charge in [0.1, 0.15) is 17.0 Å². The maximum Gasteiger partial charge on any atom is 0.276 e. The van der Waals surface area contributed by atoms with Crippen LogP contribution in [-0.2, 0) is 34.4 Å². The van der Waals surface area contributed by atoms with Crippen molar-refractivity contribution in [2.45, 2.75) is 57.4 Å². The van der Waals surface area contributed by atoms with Gasteiger partial charge in [-0.3, -0.25) is 34.5 Å². The van der Waals surface area contributed by atoms with Gasteiger partial charge in [-0.1, -0.05) is 24.3 Å². The number of fused-ring (bicyclic) bond motifs is 1. The molecule has 0 bridgehead atoms. The molecule has 0 radical (unpaired) electrons. The van der Waals surface area contributed by atoms with Crippen LogP contribution in [0.1, 0.15) is 61.1 Å². The number of nitrogens with zero attached hydrogens (tertiary/aromatic N) is 5. The maximum atomic E-state index is 13.1. The van der Waals surface area contributed by atoms with Crippen LogP contribution in [0.3, 0.4) is 0 Å². The quantitative estimate of drug-likeness (QED) is 0.208. The summed E-state index contributed by atoms with van der Waals surface area (Å²) < 4.78 is 13.3. The fraction of sp³-hybridized carbons (Fsp3) is 0.488. The third kappa shape index (κ3) is 8.22. The number of ether oxygens (including phenoxy) is 2. The van der Waals surface area contributed by atoms with Gasteiger partial charge in [0.2, 0.25) is 17.7 Å². The van der Waals surface area contributed by atoms with Crippen LogP contribution in [0, 0.1) is 5.92 Å². The van der Waals surface area contributed by atoms with Crippen molar-refractivity contribution < 1.29 is 23.9 Å². The van der Waals surface area contributed by atoms with E-state index in [1.807, 2.05) is 23.2 Å². The molecule has 0 aliphatic carbocycles. The molecule has 286 valence electrons. The monoisotopic (exact) mass is 737 g/mol. The SMILES string of the molecule is COc1cc(-c2cn(C)c(=O)c3[nH]ncc23)cc(OC)c1CN1CCN(CCCC(=O)N2CCC(c3ccc(CC4CCC(=O)NC4=O)cc3)CC2)CC1. The van der Waals surface area contributed by atoms with Gasteiger partial charge in [-0.05, 0) is 73.4 Å². The summed E-state index contributed by atoms with van der Waals surface area (Å²) in [7, 11) is 5.07. The summed E-state index contributed by atoms with van der Waals surface area (Å²) in [5.74, 6) is 1.67. The number of rotatable bonds is 12. The Hall–Kier alpha value is -5.01. The number of hydrogen-bond acceptors (Lipinski definition) is 9. The third-order valence-electron chi connectivity index (χ3n) is 11.6. The average molecular weight is 738 g/mol. The summed E-state index contributed by atoms with van der Waals surface area (Å²) in [6.45, 7) is 6.85. The first-order valence-corrected chi connectivity index (χ1v) is 19.1. The molecular weight excluding hydrogens is 686 g/mol. The molecule has 1 atom stereocenters. The molecule has 54 heavy (non-hydrogen) atoms. The van der Waals surface area contributed by atoms with Gasteiger partial charge >= 0.3 is 0 Å². The second-order valence-electron chi connectivity index (χ2n) is 14.9. The van der Waals surface area contributed by atoms with Gasteiger partial charge < -0.3 is 23.8 Å². The minimum absolute atomic E-state index is 0.130. The van der Waals surface area contributed by atoms with E-state index in [0.29, 0.717) is 43.7 Å². The number of imide groups is 1. The van der Waals surface area contributed by atoms with Crippen LogP contribution in [0.15, 0.2) is 53.6 Å². The number of nitrogens with one attached hydrogen (secondary N) is 2. The second kappa shape index (κ2) is 16.6. The Morgan fingerprint density at radius 3 is 2.26 bits per heavy atom. The number of piperazine rings is 1. The highest BCUT2D eigenvalue weighted by Gasteiger charge is 2.28. The van der Waals surface area contributed by atoms with E-state index in [-0.39, 0.29) is 29.2 Å². The fourth-order valence-corrected chi connectivity index (χ4v) is 8.29. The molecule has 3 aliphatic rings. The van der Waals surface area contributed by atoms with E-state index in [0.717, 1.165) is 104 Å². The van der Waals surface area contributed by atoms with E-state index < -0.39 is 0 Å². The average Bonchev–Trinajstić information content (AvgIpc) is 3.69. The molecule has 5 heterocycles. The highest BCUT2D eigenvalue weighted by atomic mass is 16.5. The van der Waals surface area contributed by atoms with Crippen molar-refractivity contribution in [3.05, 3.63) is 75.8 Å². The van der Waals surface area contributed by atoms with Gasteiger partial charge in [-0.2, -0.15) is 5.10 Å². The molecule has 1 unspecified atom stereocenters. The van der Waals surface area contributed by atoms with Crippen LogP contribution >= 0.6 is 0 Å². The normalized spacial score (nSPS) is 18.9. The molecule has 4 aromatic rings. The van der Waals surface area contributed by atoms with E-state index in [1.54, 1.807) is 32.0 Å². The first kappa shape index (κ1) is 37.3. The number of piperidine rings is 2. The topological polar surface area (TPSA) is 142 Å². The second-order valence-corrected chi connectivity index (χ2v) is 14.9. The van der Waals surface area contributed by atoms with E-state index in [9.17, 15) is 19.2 Å². The lowest BCUT2D eigenvalue weighted by atomic mass is 9.87. The van der Waals surface area contributed by atoms with E-state index in [2.05, 4.69) is 49.6 Å². The van der Waals surface area contributed by atoms with Crippen molar-refractivity contribution in [1.29, 1.82) is 0 Å². The summed E-state index contributed by atoms with van der Waals surface area (Å²) in [5, 5.41) is 10.1. The van der Waals surface area contributed by atoms with Gasteiger partial charge in [-0.25, -0.2) is 0 Å². The predicted octanol–water partition coefficient (Wildman–Crippen LogP) is 3.85. The molecular formula is C41H51N7O6. The number of methoxy groups -OCH3 is 2. The maximum absolute atomic E-state index is 13.1. The number of likely N-dealkylation sites (tertiary alicyclic amines) is 1. The number of benzene rings is 2. The number of aryl methyl sites for hydroxylation is 1. The Bertz CT molecular complexity index is 2020. The molecule has 0 spiro atoms. The zero-order valence-electron chi connectivity index (χ0n) is 31.6. The van der Waals surface area contributed by atoms with Crippen molar-refractivity contribution in [3.63, 3.8) is 0 Å². The zero-order chi connectivity index (χ0) is 37.8. The van der Waals surface area contributed by atoms with Crippen molar-refractivity contribution in [1.82, 2.24) is 34.8 Å². The standard InChI is InChI=1S/C41H51N7O6/c1-45-25-33(32-24-42-44-39(32)41(45)52)31-22-35(53-2)34(36(23-31)54-3)26-47-19-17-46(18-20-47)14-4-5-38(50)48-15-12-29(13-16-48)28-8-6-27(7-9-28)21-30-10-11-37(49)43-40(30)51/h6-9,22-25,29-30H,4-5,10-21,26H2,1-3H3,(H,42,44)(H,43,49,51). The highest BCUT2D eigenvalue weighted by molar-refractivity contribution is 5.98. The fourth-order valence-electron chi connectivity index (χ4n) is 8.29. The van der Waals surface area contributed by atoms with Gasteiger partial charge in [0.25, 0.3) is 5.56 Å². The van der Waals surface area contributed by atoms with Gasteiger partial charge in [0.05, 0.1) is 26.0 Å². The Morgan fingerprint density at radius 1 is 0.907 bits per heavy atom. The number of hydrogen-bond donors (Lipinski definition) is 2. The van der Waals surface area contributed by atoms with E-state index in [4.69, 9.17) is 9.47 Å². The molecule has 3 amide bonds. The molecule has 13 nitrogen and oxygen atoms in total. The number of amides is 3. The van der Waals surface area contributed by atoms with Gasteiger partial charge in [0.15, 0.2) is 0 Å². The zero-order valence-corrected chi connectivity index (χ0v) is 31.6. The van der Waals surface area contributed by atoms with Crippen molar-refractivity contribution in [3.8, 4) is 22.6 Å². The highest BCUT2D eigenvalue weighted by Crippen LogP contribution is 2.38. The summed E-state index contributed by atoms with van der Waals surface area (Å²) in [6, 6.07) is 12.6. The molecule has 2 N–H and O–H groups in total. The molecule has 2 aromatic heterocycles. The number of H-pyrrole nitrogens is 1. The van der Waals surface area contributed by atoms with Crippen molar-refractivity contribution in [2.24, 2.45) is 13.0 Å². The molecule has 0 saturated carbocycles. The molecule has 7 rings (SSSR count). The van der Waals surface area contributed by atoms with Crippen LogP contribution in [0.25, 0.3) is 22.0 Å². The van der Waals surface area contributed by atoms with Crippen LogP contribution in [0.5, 0.6) is 11.5 Å². The first-order chi connectivity index (χ1) is 26.2. The third-order valence-corrected chi connectivity index (χ3v) is 11.6. The molecule has 3 saturated heterocycles. The molecule has 13 heteroatoms. The predicted molar refractivity (Wildman–Crippen MR) is 205 cm³/mol. The van der Waals surface area contributed by atoms with E-state index in [1.165, 1.54) is 5.56 Å². The summed E-state index contributed by atoms with van der Waals surface area (Å²) >= 11 is 0. The smallest absolute Gasteiger partial charge is 0.276 e. The molecule has 2 aromatic carbocycles. The van der Waals surface area contributed by atoms with Crippen molar-refractivity contribution >= 4 is 28.6 Å². The summed E-state index contributed by atoms with van der Waals surface area (Å²) in [4.78, 5) is 56.2. The Balaban J connectivity index is 0.848. The Kier molecular flexibility index (Phi) is 11.4. The Labute approximate surface area is 315 Å². The van der Waals surface area contributed by atoms with Crippen LogP contribution in [0.4, 0.5) is 0 Å². The van der Waals surface area contributed by atoms with Crippen LogP contribution in [-0.4, -0.2) is 107 Å². The summed E-state index contributed by atoms with van der Waals surface area (Å²) in [6.07, 6.45) is 8.51. The van der Waals surface area contributed by atoms with Gasteiger partial charge in [-0.15, -0.1) is 0 Å². The number of pyridine rings is 1. The van der Waals surface area contributed by atoms with E-state index >= 15 is 0 Å². The number of aromatic nitrogens is 3. The minimum Gasteiger partial charge on any atom is -0.496 e. The summed E-state index contributed by atoms with van der Waals surface area (Å²) in [5.41, 5.74) is 5.48. The number of carbonyl (C=O) groups is 3. The van der Waals surface area contributed by atoms with Crippen LogP contribution in [0.2, 0.25) is 0 Å². The molecule has 3 fully saturated rings. The lowest BCUT2D eigenvalue weighted by Crippen LogP contribution is -2.46. The molecule has 3 aliphatic heterocycles. The Morgan fingerprint density at radius 2 is 1.59 bits per heavy atom.